The first kappa shape index (κ1) is 14.6. The van der Waals surface area contributed by atoms with Crippen LogP contribution in [0.4, 0.5) is 4.79 Å². The van der Waals surface area contributed by atoms with Gasteiger partial charge in [0.15, 0.2) is 0 Å². The number of carbonyl (C=O) groups is 3. The maximum absolute atomic E-state index is 11.7. The Bertz CT molecular complexity index is 406. The lowest BCUT2D eigenvalue weighted by atomic mass is 9.66. The molecule has 1 atom stereocenters. The third kappa shape index (κ3) is 3.85. The molecule has 1 unspecified atom stereocenters. The van der Waals surface area contributed by atoms with Gasteiger partial charge in [-0.3, -0.25) is 9.59 Å². The molecule has 7 nitrogen and oxygen atoms in total. The van der Waals surface area contributed by atoms with Gasteiger partial charge < -0.3 is 21.1 Å². The fourth-order valence-corrected chi connectivity index (χ4v) is 2.79. The van der Waals surface area contributed by atoms with Crippen molar-refractivity contribution in [2.45, 2.75) is 44.6 Å². The number of urea groups is 1. The normalized spacial score (nSPS) is 23.6. The van der Waals surface area contributed by atoms with E-state index in [0.717, 1.165) is 25.7 Å². The van der Waals surface area contributed by atoms with Gasteiger partial charge in [0.05, 0.1) is 6.42 Å². The third-order valence-corrected chi connectivity index (χ3v) is 4.16. The number of aliphatic carboxylic acids is 1. The predicted molar refractivity (Wildman–Crippen MR) is 71.1 cm³/mol. The van der Waals surface area contributed by atoms with Crippen molar-refractivity contribution in [3.8, 4) is 0 Å². The number of carbonyl (C=O) groups excluding carboxylic acids is 2. The summed E-state index contributed by atoms with van der Waals surface area (Å²) in [7, 11) is 0. The Hall–Kier alpha value is -1.79. The molecule has 0 aromatic heterocycles. The van der Waals surface area contributed by atoms with Gasteiger partial charge in [-0.2, -0.15) is 0 Å². The maximum Gasteiger partial charge on any atom is 0.314 e. The second-order valence-electron chi connectivity index (χ2n) is 5.79. The number of amides is 3. The Kier molecular flexibility index (Phi) is 4.46. The van der Waals surface area contributed by atoms with Crippen LogP contribution in [0, 0.1) is 5.41 Å². The molecule has 1 saturated heterocycles. The first-order chi connectivity index (χ1) is 9.49. The molecule has 0 aromatic rings. The number of hydrogen-bond acceptors (Lipinski definition) is 3. The van der Waals surface area contributed by atoms with Crippen LogP contribution >= 0.6 is 0 Å². The number of carboxylic acids is 1. The van der Waals surface area contributed by atoms with E-state index in [1.165, 1.54) is 0 Å². The lowest BCUT2D eigenvalue weighted by molar-refractivity contribution is -0.141. The average Bonchev–Trinajstić information content (AvgIpc) is 2.75. The summed E-state index contributed by atoms with van der Waals surface area (Å²) in [6, 6.07) is -0.298. The molecule has 4 N–H and O–H groups in total. The van der Waals surface area contributed by atoms with Gasteiger partial charge >= 0.3 is 12.0 Å². The Balaban J connectivity index is 1.66. The Morgan fingerprint density at radius 3 is 2.60 bits per heavy atom. The lowest BCUT2D eigenvalue weighted by Crippen LogP contribution is -2.48. The van der Waals surface area contributed by atoms with E-state index in [-0.39, 0.29) is 29.8 Å². The summed E-state index contributed by atoms with van der Waals surface area (Å²) in [5.74, 6) is -0.798. The maximum atomic E-state index is 11.7. The fourth-order valence-electron chi connectivity index (χ4n) is 2.79. The van der Waals surface area contributed by atoms with Crippen molar-refractivity contribution in [2.75, 3.05) is 13.1 Å². The molecule has 112 valence electrons. The van der Waals surface area contributed by atoms with Gasteiger partial charge in [0.25, 0.3) is 0 Å². The Labute approximate surface area is 117 Å². The number of hydrogen-bond donors (Lipinski definition) is 4. The van der Waals surface area contributed by atoms with Crippen LogP contribution in [0.5, 0.6) is 0 Å². The monoisotopic (exact) mass is 283 g/mol. The highest BCUT2D eigenvalue weighted by molar-refractivity contribution is 5.79. The van der Waals surface area contributed by atoms with Crippen molar-refractivity contribution in [1.29, 1.82) is 0 Å². The SMILES string of the molecule is O=C(O)CC1(CNC(=O)NCC2CCC(=O)N2)CCC1. The van der Waals surface area contributed by atoms with E-state index in [1.54, 1.807) is 0 Å². The van der Waals surface area contributed by atoms with E-state index in [0.29, 0.717) is 19.5 Å². The van der Waals surface area contributed by atoms with E-state index in [9.17, 15) is 14.4 Å². The molecule has 1 aliphatic carbocycles. The molecule has 2 aliphatic rings. The largest absolute Gasteiger partial charge is 0.481 e. The second-order valence-corrected chi connectivity index (χ2v) is 5.79. The fraction of sp³-hybridized carbons (Fsp3) is 0.769. The highest BCUT2D eigenvalue weighted by Gasteiger charge is 2.39. The van der Waals surface area contributed by atoms with E-state index in [4.69, 9.17) is 5.11 Å². The molecule has 1 aliphatic heterocycles. The van der Waals surface area contributed by atoms with Gasteiger partial charge in [-0.25, -0.2) is 4.79 Å². The average molecular weight is 283 g/mol. The summed E-state index contributed by atoms with van der Waals surface area (Å²) in [5.41, 5.74) is -0.273. The minimum absolute atomic E-state index is 0.00457. The molecule has 0 bridgehead atoms. The summed E-state index contributed by atoms with van der Waals surface area (Å²) >= 11 is 0. The van der Waals surface area contributed by atoms with Gasteiger partial charge in [-0.05, 0) is 24.7 Å². The zero-order valence-corrected chi connectivity index (χ0v) is 11.4. The first-order valence-electron chi connectivity index (χ1n) is 7.02. The van der Waals surface area contributed by atoms with Crippen LogP contribution in [0.25, 0.3) is 0 Å². The molecule has 7 heteroatoms. The summed E-state index contributed by atoms with van der Waals surface area (Å²) < 4.78 is 0. The van der Waals surface area contributed by atoms with Gasteiger partial charge in [0.1, 0.15) is 0 Å². The quantitative estimate of drug-likeness (QED) is 0.559. The van der Waals surface area contributed by atoms with E-state index in [2.05, 4.69) is 16.0 Å². The minimum Gasteiger partial charge on any atom is -0.481 e. The van der Waals surface area contributed by atoms with Gasteiger partial charge in [-0.15, -0.1) is 0 Å². The number of rotatable bonds is 6. The molecule has 20 heavy (non-hydrogen) atoms. The van der Waals surface area contributed by atoms with E-state index in [1.807, 2.05) is 0 Å². The highest BCUT2D eigenvalue weighted by Crippen LogP contribution is 2.43. The van der Waals surface area contributed by atoms with Crippen LogP contribution in [0.1, 0.15) is 38.5 Å². The smallest absolute Gasteiger partial charge is 0.314 e. The standard InChI is InChI=1S/C13H21N3O4/c17-10-3-2-9(16-10)7-14-12(20)15-8-13(4-1-5-13)6-11(18)19/h9H,1-8H2,(H,16,17)(H,18,19)(H2,14,15,20). The Morgan fingerprint density at radius 2 is 2.10 bits per heavy atom. The number of nitrogens with one attached hydrogen (secondary N) is 3. The molecule has 3 amide bonds. The van der Waals surface area contributed by atoms with Crippen LogP contribution in [-0.4, -0.2) is 42.1 Å². The third-order valence-electron chi connectivity index (χ3n) is 4.16. The summed E-state index contributed by atoms with van der Waals surface area (Å²) in [6.07, 6.45) is 4.06. The van der Waals surface area contributed by atoms with Crippen LogP contribution in [0.2, 0.25) is 0 Å². The van der Waals surface area contributed by atoms with Crippen molar-refractivity contribution in [3.63, 3.8) is 0 Å². The molecule has 2 fully saturated rings. The van der Waals surface area contributed by atoms with Crippen molar-refractivity contribution in [3.05, 3.63) is 0 Å². The van der Waals surface area contributed by atoms with Crippen LogP contribution in [0.3, 0.4) is 0 Å². The van der Waals surface area contributed by atoms with E-state index < -0.39 is 5.97 Å². The summed E-state index contributed by atoms with van der Waals surface area (Å²) in [4.78, 5) is 33.5. The lowest BCUT2D eigenvalue weighted by Gasteiger charge is -2.40. The molecule has 1 heterocycles. The van der Waals surface area contributed by atoms with E-state index >= 15 is 0 Å². The Morgan fingerprint density at radius 1 is 1.35 bits per heavy atom. The molecule has 1 saturated carbocycles. The first-order valence-corrected chi connectivity index (χ1v) is 7.02. The summed E-state index contributed by atoms with van der Waals surface area (Å²) in [5, 5.41) is 17.1. The number of carboxylic acid groups (broad SMARTS) is 1. The van der Waals surface area contributed by atoms with Gasteiger partial charge in [0, 0.05) is 25.6 Å². The van der Waals surface area contributed by atoms with Crippen molar-refractivity contribution >= 4 is 17.9 Å². The van der Waals surface area contributed by atoms with Crippen LogP contribution < -0.4 is 16.0 Å². The van der Waals surface area contributed by atoms with Crippen LogP contribution in [-0.2, 0) is 9.59 Å². The van der Waals surface area contributed by atoms with Crippen molar-refractivity contribution in [1.82, 2.24) is 16.0 Å². The molecular weight excluding hydrogens is 262 g/mol. The predicted octanol–water partition coefficient (Wildman–Crippen LogP) is 0.209. The van der Waals surface area contributed by atoms with Gasteiger partial charge in [0.2, 0.25) is 5.91 Å². The molecular formula is C13H21N3O4. The molecule has 0 spiro atoms. The molecule has 0 aromatic carbocycles. The molecule has 0 radical (unpaired) electrons. The highest BCUT2D eigenvalue weighted by atomic mass is 16.4. The zero-order valence-electron chi connectivity index (χ0n) is 11.4. The second kappa shape index (κ2) is 6.11. The molecule has 2 rings (SSSR count). The van der Waals surface area contributed by atoms with Crippen molar-refractivity contribution in [2.24, 2.45) is 5.41 Å². The van der Waals surface area contributed by atoms with Crippen LogP contribution in [0.15, 0.2) is 0 Å². The topological polar surface area (TPSA) is 108 Å². The van der Waals surface area contributed by atoms with Crippen molar-refractivity contribution < 1.29 is 19.5 Å². The summed E-state index contributed by atoms with van der Waals surface area (Å²) in [6.45, 7) is 0.797. The zero-order chi connectivity index (χ0) is 14.6. The minimum atomic E-state index is -0.819. The van der Waals surface area contributed by atoms with Gasteiger partial charge in [-0.1, -0.05) is 6.42 Å².